The van der Waals surface area contributed by atoms with Crippen molar-refractivity contribution in [3.63, 3.8) is 0 Å². The van der Waals surface area contributed by atoms with Gasteiger partial charge in [-0.2, -0.15) is 0 Å². The summed E-state index contributed by atoms with van der Waals surface area (Å²) in [5.74, 6) is -1.65. The summed E-state index contributed by atoms with van der Waals surface area (Å²) in [4.78, 5) is 21.5. The average Bonchev–Trinajstić information content (AvgIpc) is 2.69. The number of aromatic carboxylic acids is 2. The SMILES string of the molecule is O=C([O-])c1cccc(OCCOCCOCCOc2cccc(C(=O)[O-])c2)c1. The van der Waals surface area contributed by atoms with Crippen LogP contribution in [0.15, 0.2) is 48.5 Å². The Morgan fingerprint density at radius 2 is 1.04 bits per heavy atom. The van der Waals surface area contributed by atoms with E-state index in [2.05, 4.69) is 0 Å². The molecule has 8 nitrogen and oxygen atoms in total. The number of ether oxygens (including phenoxy) is 4. The molecular formula is C20H20O8-2. The lowest BCUT2D eigenvalue weighted by Crippen LogP contribution is -2.22. The lowest BCUT2D eigenvalue weighted by Gasteiger charge is -2.10. The second-order valence-corrected chi connectivity index (χ2v) is 5.55. The molecule has 0 saturated heterocycles. The highest BCUT2D eigenvalue weighted by Crippen LogP contribution is 2.13. The number of carboxylic acid groups (broad SMARTS) is 2. The zero-order valence-corrected chi connectivity index (χ0v) is 15.1. The molecule has 2 aromatic rings. The first-order valence-electron chi connectivity index (χ1n) is 8.60. The standard InChI is InChI=1S/C20H22O8/c21-19(22)15-3-1-5-17(13-15)27-11-9-25-7-8-26-10-12-28-18-6-2-4-16(14-18)20(23)24/h1-6,13-14H,7-12H2,(H,21,22)(H,23,24)/p-2. The van der Waals surface area contributed by atoms with Gasteiger partial charge in [-0.05, 0) is 24.3 Å². The van der Waals surface area contributed by atoms with Gasteiger partial charge in [0.25, 0.3) is 0 Å². The van der Waals surface area contributed by atoms with E-state index in [0.717, 1.165) is 0 Å². The number of carboxylic acids is 2. The maximum atomic E-state index is 10.8. The van der Waals surface area contributed by atoms with Crippen LogP contribution in [0.3, 0.4) is 0 Å². The maximum absolute atomic E-state index is 10.8. The lowest BCUT2D eigenvalue weighted by atomic mass is 10.2. The van der Waals surface area contributed by atoms with E-state index in [1.165, 1.54) is 24.3 Å². The van der Waals surface area contributed by atoms with E-state index in [-0.39, 0.29) is 24.3 Å². The van der Waals surface area contributed by atoms with E-state index in [1.807, 2.05) is 0 Å². The summed E-state index contributed by atoms with van der Waals surface area (Å²) < 4.78 is 21.5. The molecule has 2 rings (SSSR count). The third-order valence-electron chi connectivity index (χ3n) is 3.50. The van der Waals surface area contributed by atoms with Gasteiger partial charge in [0.1, 0.15) is 24.7 Å². The van der Waals surface area contributed by atoms with E-state index in [0.29, 0.717) is 37.9 Å². The topological polar surface area (TPSA) is 117 Å². The maximum Gasteiger partial charge on any atom is 0.120 e. The molecule has 0 bridgehead atoms. The number of benzene rings is 2. The Bertz CT molecular complexity index is 709. The van der Waals surface area contributed by atoms with Crippen LogP contribution in [0, 0.1) is 0 Å². The summed E-state index contributed by atoms with van der Waals surface area (Å²) in [6, 6.07) is 12.1. The Labute approximate surface area is 162 Å². The Morgan fingerprint density at radius 3 is 1.43 bits per heavy atom. The number of carbonyl (C=O) groups excluding carboxylic acids is 2. The van der Waals surface area contributed by atoms with Gasteiger partial charge >= 0.3 is 0 Å². The Hall–Kier alpha value is -3.10. The largest absolute Gasteiger partial charge is 0.545 e. The van der Waals surface area contributed by atoms with Crippen LogP contribution in [-0.2, 0) is 9.47 Å². The van der Waals surface area contributed by atoms with E-state index in [1.54, 1.807) is 24.3 Å². The summed E-state index contributed by atoms with van der Waals surface area (Å²) in [5, 5.41) is 21.5. The van der Waals surface area contributed by atoms with Gasteiger partial charge in [-0.25, -0.2) is 0 Å². The first-order valence-corrected chi connectivity index (χ1v) is 8.60. The van der Waals surface area contributed by atoms with E-state index >= 15 is 0 Å². The molecule has 0 aromatic heterocycles. The molecule has 0 fully saturated rings. The molecule has 0 atom stereocenters. The number of carbonyl (C=O) groups is 2. The lowest BCUT2D eigenvalue weighted by molar-refractivity contribution is -0.256. The van der Waals surface area contributed by atoms with Gasteiger partial charge in [0.05, 0.1) is 38.4 Å². The van der Waals surface area contributed by atoms with Gasteiger partial charge in [-0.15, -0.1) is 0 Å². The third kappa shape index (κ3) is 7.65. The fraction of sp³-hybridized carbons (Fsp3) is 0.300. The van der Waals surface area contributed by atoms with Crippen LogP contribution in [0.4, 0.5) is 0 Å². The van der Waals surface area contributed by atoms with E-state index < -0.39 is 11.9 Å². The number of hydrogen-bond donors (Lipinski definition) is 0. The highest BCUT2D eigenvalue weighted by Gasteiger charge is 1.99. The third-order valence-corrected chi connectivity index (χ3v) is 3.50. The number of hydrogen-bond acceptors (Lipinski definition) is 8. The van der Waals surface area contributed by atoms with Crippen molar-refractivity contribution < 1.29 is 38.7 Å². The fourth-order valence-corrected chi connectivity index (χ4v) is 2.18. The first kappa shape index (κ1) is 21.2. The van der Waals surface area contributed by atoms with Crippen LogP contribution in [-0.4, -0.2) is 51.6 Å². The van der Waals surface area contributed by atoms with Crippen molar-refractivity contribution in [3.8, 4) is 11.5 Å². The molecule has 0 aliphatic rings. The molecule has 2 aromatic carbocycles. The molecule has 8 heteroatoms. The molecular weight excluding hydrogens is 368 g/mol. The molecule has 0 aliphatic carbocycles. The monoisotopic (exact) mass is 388 g/mol. The molecule has 0 saturated carbocycles. The van der Waals surface area contributed by atoms with Crippen molar-refractivity contribution in [2.24, 2.45) is 0 Å². The second-order valence-electron chi connectivity index (χ2n) is 5.55. The molecule has 0 heterocycles. The predicted molar refractivity (Wildman–Crippen MR) is 94.2 cm³/mol. The van der Waals surface area contributed by atoms with Crippen LogP contribution in [0.2, 0.25) is 0 Å². The van der Waals surface area contributed by atoms with Gasteiger partial charge in [-0.1, -0.05) is 24.3 Å². The quantitative estimate of drug-likeness (QED) is 0.437. The zero-order valence-electron chi connectivity index (χ0n) is 15.1. The van der Waals surface area contributed by atoms with E-state index in [9.17, 15) is 19.8 Å². The Balaban J connectivity index is 1.49. The predicted octanol–water partition coefficient (Wildman–Crippen LogP) is -0.0954. The molecule has 0 radical (unpaired) electrons. The molecule has 28 heavy (non-hydrogen) atoms. The van der Waals surface area contributed by atoms with Crippen LogP contribution < -0.4 is 19.7 Å². The molecule has 0 spiro atoms. The Kier molecular flexibility index (Phi) is 8.77. The van der Waals surface area contributed by atoms with Gasteiger partial charge in [0.2, 0.25) is 0 Å². The van der Waals surface area contributed by atoms with Gasteiger partial charge < -0.3 is 38.7 Å². The van der Waals surface area contributed by atoms with Crippen LogP contribution in [0.5, 0.6) is 11.5 Å². The molecule has 0 unspecified atom stereocenters. The molecule has 0 N–H and O–H groups in total. The summed E-state index contributed by atoms with van der Waals surface area (Å²) >= 11 is 0. The van der Waals surface area contributed by atoms with Crippen molar-refractivity contribution >= 4 is 11.9 Å². The fourth-order valence-electron chi connectivity index (χ4n) is 2.18. The highest BCUT2D eigenvalue weighted by atomic mass is 16.6. The number of rotatable bonds is 13. The van der Waals surface area contributed by atoms with Crippen molar-refractivity contribution in [1.82, 2.24) is 0 Å². The van der Waals surface area contributed by atoms with Crippen LogP contribution in [0.25, 0.3) is 0 Å². The minimum absolute atomic E-state index is 0.0559. The first-order chi connectivity index (χ1) is 13.6. The molecule has 0 aliphatic heterocycles. The summed E-state index contributed by atoms with van der Waals surface area (Å²) in [6.45, 7) is 1.92. The highest BCUT2D eigenvalue weighted by molar-refractivity contribution is 5.86. The second kappa shape index (κ2) is 11.6. The molecule has 0 amide bonds. The molecule has 150 valence electrons. The summed E-state index contributed by atoms with van der Waals surface area (Å²) in [5.41, 5.74) is 0.112. The zero-order chi connectivity index (χ0) is 20.2. The van der Waals surface area contributed by atoms with Crippen LogP contribution >= 0.6 is 0 Å². The van der Waals surface area contributed by atoms with Crippen LogP contribution in [0.1, 0.15) is 20.7 Å². The van der Waals surface area contributed by atoms with Crippen molar-refractivity contribution in [2.45, 2.75) is 0 Å². The van der Waals surface area contributed by atoms with Gasteiger partial charge in [0.15, 0.2) is 0 Å². The minimum atomic E-state index is -1.26. The minimum Gasteiger partial charge on any atom is -0.545 e. The van der Waals surface area contributed by atoms with Gasteiger partial charge in [0, 0.05) is 11.1 Å². The van der Waals surface area contributed by atoms with Gasteiger partial charge in [-0.3, -0.25) is 0 Å². The van der Waals surface area contributed by atoms with E-state index in [4.69, 9.17) is 18.9 Å². The normalized spacial score (nSPS) is 10.4. The Morgan fingerprint density at radius 1 is 0.643 bits per heavy atom. The summed E-state index contributed by atoms with van der Waals surface area (Å²) in [6.07, 6.45) is 0. The smallest absolute Gasteiger partial charge is 0.120 e. The van der Waals surface area contributed by atoms with Crippen molar-refractivity contribution in [1.29, 1.82) is 0 Å². The summed E-state index contributed by atoms with van der Waals surface area (Å²) in [7, 11) is 0. The van der Waals surface area contributed by atoms with Crippen molar-refractivity contribution in [3.05, 3.63) is 59.7 Å². The van der Waals surface area contributed by atoms with Crippen molar-refractivity contribution in [2.75, 3.05) is 39.6 Å². The average molecular weight is 388 g/mol.